The number of rotatable bonds is 6. The van der Waals surface area contributed by atoms with Crippen LogP contribution in [0.2, 0.25) is 0 Å². The van der Waals surface area contributed by atoms with Crippen molar-refractivity contribution in [2.45, 2.75) is 32.1 Å². The summed E-state index contributed by atoms with van der Waals surface area (Å²) < 4.78 is 13.6. The van der Waals surface area contributed by atoms with Gasteiger partial charge in [-0.15, -0.1) is 0 Å². The first kappa shape index (κ1) is 21.0. The van der Waals surface area contributed by atoms with E-state index in [9.17, 15) is 18.8 Å². The standard InChI is InChI=1S/C23H25FN4O3/c24-19-6-2-5-18(12-19)23(31)28-10-9-27(22(30)17-7-8-17)21(28)20(29)26-14-16-4-1-3-15(11-16)13-25/h1-6,11-12,17,21H,7-10,13-14,25H2,(H,26,29). The highest BCUT2D eigenvalue weighted by atomic mass is 19.1. The number of hydrogen-bond donors (Lipinski definition) is 2. The molecule has 8 heteroatoms. The van der Waals surface area contributed by atoms with Crippen LogP contribution in [0.1, 0.15) is 34.3 Å². The molecule has 2 aromatic rings. The van der Waals surface area contributed by atoms with Crippen LogP contribution in [0, 0.1) is 11.7 Å². The van der Waals surface area contributed by atoms with Gasteiger partial charge in [0.05, 0.1) is 0 Å². The van der Waals surface area contributed by atoms with Crippen molar-refractivity contribution in [3.05, 3.63) is 71.0 Å². The van der Waals surface area contributed by atoms with Crippen LogP contribution < -0.4 is 11.1 Å². The molecule has 0 aromatic heterocycles. The van der Waals surface area contributed by atoms with Gasteiger partial charge in [0.1, 0.15) is 5.82 Å². The van der Waals surface area contributed by atoms with Gasteiger partial charge >= 0.3 is 0 Å². The largest absolute Gasteiger partial charge is 0.349 e. The van der Waals surface area contributed by atoms with Gasteiger partial charge in [0, 0.05) is 37.7 Å². The predicted octanol–water partition coefficient (Wildman–Crippen LogP) is 1.62. The lowest BCUT2D eigenvalue weighted by atomic mass is 10.1. The van der Waals surface area contributed by atoms with Crippen LogP contribution in [0.25, 0.3) is 0 Å². The number of carbonyl (C=O) groups excluding carboxylic acids is 3. The number of halogens is 1. The van der Waals surface area contributed by atoms with E-state index < -0.39 is 23.8 Å². The first-order chi connectivity index (χ1) is 15.0. The van der Waals surface area contributed by atoms with Crippen LogP contribution in [0.15, 0.2) is 48.5 Å². The molecule has 1 atom stereocenters. The summed E-state index contributed by atoms with van der Waals surface area (Å²) in [6.45, 7) is 1.13. The Hall–Kier alpha value is -3.26. The highest BCUT2D eigenvalue weighted by molar-refractivity contribution is 5.99. The Morgan fingerprint density at radius 2 is 1.71 bits per heavy atom. The Morgan fingerprint density at radius 3 is 2.42 bits per heavy atom. The molecule has 2 aliphatic rings. The maximum Gasteiger partial charge on any atom is 0.264 e. The molecule has 3 amide bonds. The lowest BCUT2D eigenvalue weighted by Gasteiger charge is -2.29. The molecule has 0 radical (unpaired) electrons. The molecule has 31 heavy (non-hydrogen) atoms. The Labute approximate surface area is 180 Å². The van der Waals surface area contributed by atoms with Gasteiger partial charge < -0.3 is 20.9 Å². The summed E-state index contributed by atoms with van der Waals surface area (Å²) in [6.07, 6.45) is 0.544. The molecule has 0 bridgehead atoms. The second-order valence-corrected chi connectivity index (χ2v) is 7.93. The Balaban J connectivity index is 1.54. The average Bonchev–Trinajstić information content (AvgIpc) is 3.54. The van der Waals surface area contributed by atoms with Crippen molar-refractivity contribution in [2.75, 3.05) is 13.1 Å². The van der Waals surface area contributed by atoms with Gasteiger partial charge in [-0.2, -0.15) is 0 Å². The lowest BCUT2D eigenvalue weighted by Crippen LogP contribution is -2.54. The van der Waals surface area contributed by atoms with Crippen molar-refractivity contribution in [3.63, 3.8) is 0 Å². The first-order valence-electron chi connectivity index (χ1n) is 10.4. The second-order valence-electron chi connectivity index (χ2n) is 7.93. The van der Waals surface area contributed by atoms with Crippen LogP contribution >= 0.6 is 0 Å². The van der Waals surface area contributed by atoms with Crippen molar-refractivity contribution in [2.24, 2.45) is 11.7 Å². The molecule has 7 nitrogen and oxygen atoms in total. The van der Waals surface area contributed by atoms with Gasteiger partial charge in [0.2, 0.25) is 5.91 Å². The van der Waals surface area contributed by atoms with Crippen molar-refractivity contribution >= 4 is 17.7 Å². The molecule has 1 heterocycles. The number of nitrogens with one attached hydrogen (secondary N) is 1. The van der Waals surface area contributed by atoms with Crippen LogP contribution in [0.4, 0.5) is 4.39 Å². The maximum atomic E-state index is 13.6. The number of nitrogens with zero attached hydrogens (tertiary/aromatic N) is 2. The number of nitrogens with two attached hydrogens (primary N) is 1. The molecule has 4 rings (SSSR count). The van der Waals surface area contributed by atoms with E-state index in [1.165, 1.54) is 28.0 Å². The number of amides is 3. The zero-order valence-electron chi connectivity index (χ0n) is 17.1. The molecule has 2 aromatic carbocycles. The van der Waals surface area contributed by atoms with E-state index in [1.807, 2.05) is 24.3 Å². The molecule has 1 aliphatic heterocycles. The second kappa shape index (κ2) is 8.85. The van der Waals surface area contributed by atoms with Crippen molar-refractivity contribution < 1.29 is 18.8 Å². The number of benzene rings is 2. The van der Waals surface area contributed by atoms with E-state index >= 15 is 0 Å². The highest BCUT2D eigenvalue weighted by Gasteiger charge is 2.46. The zero-order valence-corrected chi connectivity index (χ0v) is 17.1. The van der Waals surface area contributed by atoms with E-state index in [0.29, 0.717) is 6.54 Å². The maximum absolute atomic E-state index is 13.6. The third kappa shape index (κ3) is 4.59. The molecular weight excluding hydrogens is 399 g/mol. The molecule has 1 aliphatic carbocycles. The van der Waals surface area contributed by atoms with Gasteiger partial charge in [0.25, 0.3) is 11.8 Å². The van der Waals surface area contributed by atoms with E-state index in [2.05, 4.69) is 5.32 Å². The predicted molar refractivity (Wildman–Crippen MR) is 112 cm³/mol. The van der Waals surface area contributed by atoms with Gasteiger partial charge in [0.15, 0.2) is 6.17 Å². The zero-order chi connectivity index (χ0) is 22.0. The van der Waals surface area contributed by atoms with Gasteiger partial charge in [-0.3, -0.25) is 14.4 Å². The number of hydrogen-bond acceptors (Lipinski definition) is 4. The molecule has 1 saturated carbocycles. The Morgan fingerprint density at radius 1 is 1.00 bits per heavy atom. The van der Waals surface area contributed by atoms with Gasteiger partial charge in [-0.25, -0.2) is 4.39 Å². The smallest absolute Gasteiger partial charge is 0.264 e. The minimum atomic E-state index is -1.05. The third-order valence-corrected chi connectivity index (χ3v) is 5.64. The van der Waals surface area contributed by atoms with E-state index in [1.54, 1.807) is 0 Å². The van der Waals surface area contributed by atoms with Crippen molar-refractivity contribution in [1.82, 2.24) is 15.1 Å². The van der Waals surface area contributed by atoms with Crippen LogP contribution in [-0.4, -0.2) is 46.8 Å². The summed E-state index contributed by atoms with van der Waals surface area (Å²) >= 11 is 0. The topological polar surface area (TPSA) is 95.7 Å². The first-order valence-corrected chi connectivity index (χ1v) is 10.4. The normalized spacial score (nSPS) is 18.2. The summed E-state index contributed by atoms with van der Waals surface area (Å²) in [5.74, 6) is -1.64. The Bertz CT molecular complexity index is 1010. The summed E-state index contributed by atoms with van der Waals surface area (Å²) in [5.41, 5.74) is 7.64. The van der Waals surface area contributed by atoms with Crippen molar-refractivity contribution in [3.8, 4) is 0 Å². The molecular formula is C23H25FN4O3. The van der Waals surface area contributed by atoms with E-state index in [-0.39, 0.29) is 37.0 Å². The molecule has 1 unspecified atom stereocenters. The van der Waals surface area contributed by atoms with E-state index in [0.717, 1.165) is 30.0 Å². The molecule has 1 saturated heterocycles. The lowest BCUT2D eigenvalue weighted by molar-refractivity contribution is -0.142. The summed E-state index contributed by atoms with van der Waals surface area (Å²) in [6, 6.07) is 12.9. The summed E-state index contributed by atoms with van der Waals surface area (Å²) in [7, 11) is 0. The van der Waals surface area contributed by atoms with E-state index in [4.69, 9.17) is 5.73 Å². The Kier molecular flexibility index (Phi) is 5.99. The number of carbonyl (C=O) groups is 3. The quantitative estimate of drug-likeness (QED) is 0.737. The minimum absolute atomic E-state index is 0.0826. The fourth-order valence-electron chi connectivity index (χ4n) is 3.85. The van der Waals surface area contributed by atoms with Crippen LogP contribution in [-0.2, 0) is 22.7 Å². The fraction of sp³-hybridized carbons (Fsp3) is 0.348. The molecule has 2 fully saturated rings. The highest BCUT2D eigenvalue weighted by Crippen LogP contribution is 2.33. The average molecular weight is 424 g/mol. The van der Waals surface area contributed by atoms with Crippen LogP contribution in [0.3, 0.4) is 0 Å². The monoisotopic (exact) mass is 424 g/mol. The fourth-order valence-corrected chi connectivity index (χ4v) is 3.85. The van der Waals surface area contributed by atoms with Crippen molar-refractivity contribution in [1.29, 1.82) is 0 Å². The minimum Gasteiger partial charge on any atom is -0.349 e. The summed E-state index contributed by atoms with van der Waals surface area (Å²) in [5, 5.41) is 2.84. The SMILES string of the molecule is NCc1cccc(CNC(=O)C2N(C(=O)c3cccc(F)c3)CCN2C(=O)C2CC2)c1. The molecule has 0 spiro atoms. The van der Waals surface area contributed by atoms with Crippen LogP contribution in [0.5, 0.6) is 0 Å². The van der Waals surface area contributed by atoms with Gasteiger partial charge in [-0.1, -0.05) is 30.3 Å². The van der Waals surface area contributed by atoms with Gasteiger partial charge in [-0.05, 0) is 42.2 Å². The summed E-state index contributed by atoms with van der Waals surface area (Å²) in [4.78, 5) is 41.8. The third-order valence-electron chi connectivity index (χ3n) is 5.64. The molecule has 162 valence electrons. The molecule has 3 N–H and O–H groups in total.